The molecule has 8 nitrogen and oxygen atoms in total. The summed E-state index contributed by atoms with van der Waals surface area (Å²) in [5, 5.41) is 9.86. The molecule has 9 heteroatoms. The number of hydrogen-bond acceptors (Lipinski definition) is 7. The maximum Gasteiger partial charge on any atom is 0.329 e. The van der Waals surface area contributed by atoms with Crippen LogP contribution in [0.4, 0.5) is 11.7 Å². The van der Waals surface area contributed by atoms with Crippen LogP contribution in [0.5, 0.6) is 0 Å². The molecule has 0 aromatic carbocycles. The van der Waals surface area contributed by atoms with E-state index in [2.05, 4.69) is 25.2 Å². The van der Waals surface area contributed by atoms with Gasteiger partial charge in [0, 0.05) is 26.4 Å². The van der Waals surface area contributed by atoms with Crippen LogP contribution in [0.1, 0.15) is 5.89 Å². The zero-order valence-electron chi connectivity index (χ0n) is 9.71. The predicted octanol–water partition coefficient (Wildman–Crippen LogP) is 0.616. The SMILES string of the molecule is CNc1ccncc1S(=O)(=O)Nc1nnc(C)o1. The zero-order chi connectivity index (χ0) is 13.2. The Morgan fingerprint density at radius 2 is 2.11 bits per heavy atom. The molecule has 0 radical (unpaired) electrons. The first kappa shape index (κ1) is 12.3. The van der Waals surface area contributed by atoms with Gasteiger partial charge in [0.2, 0.25) is 5.89 Å². The lowest BCUT2D eigenvalue weighted by molar-refractivity contribution is 0.534. The Labute approximate surface area is 104 Å². The van der Waals surface area contributed by atoms with E-state index in [4.69, 9.17) is 4.42 Å². The number of aryl methyl sites for hydroxylation is 1. The summed E-state index contributed by atoms with van der Waals surface area (Å²) in [6.07, 6.45) is 2.72. The van der Waals surface area contributed by atoms with E-state index in [1.54, 1.807) is 20.0 Å². The molecule has 18 heavy (non-hydrogen) atoms. The average Bonchev–Trinajstić information content (AvgIpc) is 2.74. The molecule has 0 amide bonds. The minimum Gasteiger partial charge on any atom is -0.408 e. The minimum atomic E-state index is -3.81. The molecule has 2 aromatic rings. The first-order chi connectivity index (χ1) is 8.53. The van der Waals surface area contributed by atoms with Crippen molar-refractivity contribution in [2.75, 3.05) is 17.1 Å². The molecule has 96 valence electrons. The van der Waals surface area contributed by atoms with Crippen molar-refractivity contribution in [2.45, 2.75) is 11.8 Å². The fraction of sp³-hybridized carbons (Fsp3) is 0.222. The summed E-state index contributed by atoms with van der Waals surface area (Å²) < 4.78 is 31.3. The normalized spacial score (nSPS) is 11.2. The van der Waals surface area contributed by atoms with E-state index in [0.29, 0.717) is 5.69 Å². The monoisotopic (exact) mass is 269 g/mol. The number of pyridine rings is 1. The van der Waals surface area contributed by atoms with Gasteiger partial charge in [-0.3, -0.25) is 4.98 Å². The van der Waals surface area contributed by atoms with Crippen LogP contribution < -0.4 is 10.0 Å². The van der Waals surface area contributed by atoms with Gasteiger partial charge in [-0.15, -0.1) is 5.10 Å². The third-order valence-corrected chi connectivity index (χ3v) is 3.44. The second-order valence-electron chi connectivity index (χ2n) is 3.35. The van der Waals surface area contributed by atoms with E-state index in [1.165, 1.54) is 12.4 Å². The maximum absolute atomic E-state index is 12.1. The van der Waals surface area contributed by atoms with Crippen molar-refractivity contribution in [2.24, 2.45) is 0 Å². The highest BCUT2D eigenvalue weighted by molar-refractivity contribution is 7.92. The predicted molar refractivity (Wildman–Crippen MR) is 63.6 cm³/mol. The topological polar surface area (TPSA) is 110 Å². The van der Waals surface area contributed by atoms with Gasteiger partial charge in [0.15, 0.2) is 0 Å². The van der Waals surface area contributed by atoms with Crippen molar-refractivity contribution in [1.82, 2.24) is 15.2 Å². The molecule has 0 aliphatic heterocycles. The summed E-state index contributed by atoms with van der Waals surface area (Å²) in [6, 6.07) is 1.37. The van der Waals surface area contributed by atoms with Crippen LogP contribution in [0.2, 0.25) is 0 Å². The van der Waals surface area contributed by atoms with Crippen LogP contribution in [-0.4, -0.2) is 30.6 Å². The van der Waals surface area contributed by atoms with E-state index >= 15 is 0 Å². The molecule has 0 bridgehead atoms. The van der Waals surface area contributed by atoms with Crippen LogP contribution in [-0.2, 0) is 10.0 Å². The summed E-state index contributed by atoms with van der Waals surface area (Å²) in [5.41, 5.74) is 0.425. The molecule has 0 atom stereocenters. The second-order valence-corrected chi connectivity index (χ2v) is 5.00. The molecule has 0 fully saturated rings. The number of rotatable bonds is 4. The number of hydrogen-bond donors (Lipinski definition) is 2. The Balaban J connectivity index is 2.36. The summed E-state index contributed by atoms with van der Waals surface area (Å²) >= 11 is 0. The quantitative estimate of drug-likeness (QED) is 0.836. The van der Waals surface area contributed by atoms with Gasteiger partial charge < -0.3 is 9.73 Å². The fourth-order valence-electron chi connectivity index (χ4n) is 1.31. The first-order valence-corrected chi connectivity index (χ1v) is 6.46. The lowest BCUT2D eigenvalue weighted by Gasteiger charge is -2.08. The molecule has 0 unspecified atom stereocenters. The van der Waals surface area contributed by atoms with Gasteiger partial charge >= 0.3 is 6.01 Å². The van der Waals surface area contributed by atoms with Gasteiger partial charge in [0.25, 0.3) is 10.0 Å². The van der Waals surface area contributed by atoms with E-state index in [1.807, 2.05) is 0 Å². The Morgan fingerprint density at radius 1 is 1.33 bits per heavy atom. The third kappa shape index (κ3) is 2.40. The Hall–Kier alpha value is -2.16. The van der Waals surface area contributed by atoms with Crippen LogP contribution in [0.15, 0.2) is 27.8 Å². The molecule has 0 saturated heterocycles. The Kier molecular flexibility index (Phi) is 3.15. The third-order valence-electron chi connectivity index (χ3n) is 2.09. The summed E-state index contributed by atoms with van der Waals surface area (Å²) in [4.78, 5) is 3.78. The first-order valence-electron chi connectivity index (χ1n) is 4.97. The zero-order valence-corrected chi connectivity index (χ0v) is 10.5. The average molecular weight is 269 g/mol. The van der Waals surface area contributed by atoms with Crippen molar-refractivity contribution in [3.8, 4) is 0 Å². The van der Waals surface area contributed by atoms with Crippen LogP contribution >= 0.6 is 0 Å². The van der Waals surface area contributed by atoms with Gasteiger partial charge in [0.1, 0.15) is 4.90 Å². The highest BCUT2D eigenvalue weighted by Crippen LogP contribution is 2.21. The summed E-state index contributed by atoms with van der Waals surface area (Å²) in [5.74, 6) is 0.271. The number of nitrogens with one attached hydrogen (secondary N) is 2. The molecule has 2 aromatic heterocycles. The minimum absolute atomic E-state index is 0.00310. The van der Waals surface area contributed by atoms with Crippen molar-refractivity contribution >= 4 is 21.7 Å². The van der Waals surface area contributed by atoms with E-state index in [9.17, 15) is 8.42 Å². The highest BCUT2D eigenvalue weighted by Gasteiger charge is 2.20. The highest BCUT2D eigenvalue weighted by atomic mass is 32.2. The number of sulfonamides is 1. The molecular weight excluding hydrogens is 258 g/mol. The molecule has 2 rings (SSSR count). The van der Waals surface area contributed by atoms with Crippen LogP contribution in [0.25, 0.3) is 0 Å². The van der Waals surface area contributed by atoms with Gasteiger partial charge in [0.05, 0.1) is 5.69 Å². The maximum atomic E-state index is 12.1. The van der Waals surface area contributed by atoms with Crippen LogP contribution in [0, 0.1) is 6.92 Å². The molecular formula is C9H11N5O3S. The van der Waals surface area contributed by atoms with Crippen molar-refractivity contribution in [3.63, 3.8) is 0 Å². The van der Waals surface area contributed by atoms with Gasteiger partial charge in [-0.25, -0.2) is 13.1 Å². The molecule has 0 aliphatic carbocycles. The van der Waals surface area contributed by atoms with Crippen LogP contribution in [0.3, 0.4) is 0 Å². The van der Waals surface area contributed by atoms with Gasteiger partial charge in [-0.1, -0.05) is 5.10 Å². The molecule has 0 spiro atoms. The number of anilines is 2. The number of aromatic nitrogens is 3. The van der Waals surface area contributed by atoms with Gasteiger partial charge in [-0.05, 0) is 6.07 Å². The molecule has 0 saturated carbocycles. The van der Waals surface area contributed by atoms with Crippen molar-refractivity contribution < 1.29 is 12.8 Å². The molecule has 2 heterocycles. The summed E-state index contributed by atoms with van der Waals surface area (Å²) in [6.45, 7) is 1.56. The number of nitrogens with zero attached hydrogens (tertiary/aromatic N) is 3. The lowest BCUT2D eigenvalue weighted by Crippen LogP contribution is -2.15. The van der Waals surface area contributed by atoms with E-state index < -0.39 is 10.0 Å². The van der Waals surface area contributed by atoms with E-state index in [-0.39, 0.29) is 16.8 Å². The summed E-state index contributed by atoms with van der Waals surface area (Å²) in [7, 11) is -2.20. The largest absolute Gasteiger partial charge is 0.408 e. The second kappa shape index (κ2) is 4.61. The van der Waals surface area contributed by atoms with Crippen molar-refractivity contribution in [3.05, 3.63) is 24.4 Å². The Bertz CT molecular complexity index is 652. The molecule has 2 N–H and O–H groups in total. The smallest absolute Gasteiger partial charge is 0.329 e. The fourth-order valence-corrected chi connectivity index (χ4v) is 2.39. The standard InChI is InChI=1S/C9H11N5O3S/c1-6-12-13-9(17-6)14-18(15,16)8-5-11-4-3-7(8)10-2/h3-5H,1-2H3,(H,10,11)(H,13,14). The lowest BCUT2D eigenvalue weighted by atomic mass is 10.4. The molecule has 0 aliphatic rings. The Morgan fingerprint density at radius 3 is 2.72 bits per heavy atom. The van der Waals surface area contributed by atoms with Gasteiger partial charge in [-0.2, -0.15) is 0 Å². The van der Waals surface area contributed by atoms with Crippen molar-refractivity contribution in [1.29, 1.82) is 0 Å². The van der Waals surface area contributed by atoms with E-state index in [0.717, 1.165) is 0 Å².